The van der Waals surface area contributed by atoms with Crippen LogP contribution >= 0.6 is 22.9 Å². The first kappa shape index (κ1) is 8.54. The van der Waals surface area contributed by atoms with Crippen LogP contribution in [0.15, 0.2) is 12.1 Å². The lowest BCUT2D eigenvalue weighted by molar-refractivity contribution is 0.472. The zero-order valence-corrected chi connectivity index (χ0v) is 8.42. The summed E-state index contributed by atoms with van der Waals surface area (Å²) in [6.45, 7) is 0. The molecule has 0 spiro atoms. The Morgan fingerprint density at radius 1 is 1.33 bits per heavy atom. The van der Waals surface area contributed by atoms with E-state index >= 15 is 0 Å². The predicted molar refractivity (Wildman–Crippen MR) is 53.7 cm³/mol. The van der Waals surface area contributed by atoms with Crippen molar-refractivity contribution < 1.29 is 0 Å². The van der Waals surface area contributed by atoms with Gasteiger partial charge in [0.05, 0.1) is 9.88 Å². The van der Waals surface area contributed by atoms with Gasteiger partial charge >= 0.3 is 0 Å². The second-order valence-electron chi connectivity index (χ2n) is 3.47. The Hall–Kier alpha value is -0.0500. The van der Waals surface area contributed by atoms with Crippen LogP contribution in [0.4, 0.5) is 0 Å². The monoisotopic (exact) mass is 201 g/mol. The van der Waals surface area contributed by atoms with Crippen LogP contribution in [0.25, 0.3) is 0 Å². The van der Waals surface area contributed by atoms with Crippen molar-refractivity contribution in [2.24, 2.45) is 5.73 Å². The maximum atomic E-state index is 6.25. The molecule has 1 fully saturated rings. The summed E-state index contributed by atoms with van der Waals surface area (Å²) in [7, 11) is 0. The Morgan fingerprint density at radius 2 is 2.00 bits per heavy atom. The molecule has 1 nitrogen and oxygen atoms in total. The molecule has 1 heterocycles. The Balaban J connectivity index is 2.28. The van der Waals surface area contributed by atoms with E-state index in [1.165, 1.54) is 17.7 Å². The van der Waals surface area contributed by atoms with E-state index in [0.29, 0.717) is 0 Å². The molecule has 1 aliphatic rings. The van der Waals surface area contributed by atoms with Gasteiger partial charge in [-0.1, -0.05) is 24.4 Å². The van der Waals surface area contributed by atoms with E-state index in [2.05, 4.69) is 6.07 Å². The van der Waals surface area contributed by atoms with Crippen molar-refractivity contribution in [3.05, 3.63) is 21.3 Å². The summed E-state index contributed by atoms with van der Waals surface area (Å²) < 4.78 is 0.849. The van der Waals surface area contributed by atoms with Crippen LogP contribution in [0, 0.1) is 0 Å². The molecular weight excluding hydrogens is 190 g/mol. The quantitative estimate of drug-likeness (QED) is 0.743. The molecule has 0 amide bonds. The Kier molecular flexibility index (Phi) is 2.15. The minimum Gasteiger partial charge on any atom is -0.321 e. The number of thiophene rings is 1. The topological polar surface area (TPSA) is 26.0 Å². The van der Waals surface area contributed by atoms with E-state index in [-0.39, 0.29) is 5.54 Å². The van der Waals surface area contributed by atoms with Crippen LogP contribution in [-0.2, 0) is 5.54 Å². The first-order chi connectivity index (χ1) is 5.71. The fraction of sp³-hybridized carbons (Fsp3) is 0.556. The van der Waals surface area contributed by atoms with E-state index in [9.17, 15) is 0 Å². The first-order valence-electron chi connectivity index (χ1n) is 4.25. The van der Waals surface area contributed by atoms with E-state index in [1.54, 1.807) is 11.3 Å². The Labute approximate surface area is 81.5 Å². The summed E-state index contributed by atoms with van der Waals surface area (Å²) >= 11 is 7.49. The average molecular weight is 202 g/mol. The molecule has 0 atom stereocenters. The highest BCUT2D eigenvalue weighted by Gasteiger charge is 2.32. The predicted octanol–water partition coefficient (Wildman–Crippen LogP) is 3.13. The fourth-order valence-electron chi connectivity index (χ4n) is 1.83. The van der Waals surface area contributed by atoms with Crippen molar-refractivity contribution in [3.8, 4) is 0 Å². The molecule has 0 radical (unpaired) electrons. The van der Waals surface area contributed by atoms with Crippen LogP contribution in [0.3, 0.4) is 0 Å². The molecule has 66 valence electrons. The minimum atomic E-state index is -0.0577. The molecule has 0 unspecified atom stereocenters. The molecule has 12 heavy (non-hydrogen) atoms. The molecule has 1 aliphatic carbocycles. The van der Waals surface area contributed by atoms with Gasteiger partial charge in [-0.15, -0.1) is 11.3 Å². The van der Waals surface area contributed by atoms with Gasteiger partial charge in [0.25, 0.3) is 0 Å². The van der Waals surface area contributed by atoms with Crippen molar-refractivity contribution in [2.45, 2.75) is 31.2 Å². The molecule has 3 heteroatoms. The zero-order chi connectivity index (χ0) is 8.60. The van der Waals surface area contributed by atoms with Crippen molar-refractivity contribution >= 4 is 22.9 Å². The smallest absolute Gasteiger partial charge is 0.0931 e. The molecular formula is C9H12ClNS. The summed E-state index contributed by atoms with van der Waals surface area (Å²) in [5.41, 5.74) is 6.19. The molecule has 0 saturated heterocycles. The van der Waals surface area contributed by atoms with Gasteiger partial charge in [0.2, 0.25) is 0 Å². The third-order valence-corrected chi connectivity index (χ3v) is 4.01. The van der Waals surface area contributed by atoms with Gasteiger partial charge in [-0.05, 0) is 25.0 Å². The van der Waals surface area contributed by atoms with Crippen LogP contribution in [0.5, 0.6) is 0 Å². The zero-order valence-electron chi connectivity index (χ0n) is 6.85. The second kappa shape index (κ2) is 3.02. The number of halogens is 1. The first-order valence-corrected chi connectivity index (χ1v) is 5.45. The molecule has 1 aromatic heterocycles. The van der Waals surface area contributed by atoms with Crippen LogP contribution < -0.4 is 5.73 Å². The number of hydrogen-bond donors (Lipinski definition) is 1. The van der Waals surface area contributed by atoms with Crippen molar-refractivity contribution in [3.63, 3.8) is 0 Å². The number of nitrogens with two attached hydrogens (primary N) is 1. The van der Waals surface area contributed by atoms with Gasteiger partial charge in [0.15, 0.2) is 0 Å². The molecule has 0 aromatic carbocycles. The molecule has 0 aliphatic heterocycles. The highest BCUT2D eigenvalue weighted by molar-refractivity contribution is 7.16. The van der Waals surface area contributed by atoms with Crippen LogP contribution in [0.1, 0.15) is 30.6 Å². The maximum absolute atomic E-state index is 6.25. The van der Waals surface area contributed by atoms with E-state index in [0.717, 1.165) is 17.2 Å². The standard InChI is InChI=1S/C9H12ClNS/c10-8-4-3-7(12-8)9(11)5-1-2-6-9/h3-4H,1-2,5-6,11H2. The summed E-state index contributed by atoms with van der Waals surface area (Å²) in [4.78, 5) is 1.25. The van der Waals surface area contributed by atoms with Gasteiger partial charge in [-0.2, -0.15) is 0 Å². The molecule has 1 aromatic rings. The van der Waals surface area contributed by atoms with Gasteiger partial charge < -0.3 is 5.73 Å². The largest absolute Gasteiger partial charge is 0.321 e. The van der Waals surface area contributed by atoms with Gasteiger partial charge in [-0.3, -0.25) is 0 Å². The lowest BCUT2D eigenvalue weighted by Crippen LogP contribution is -2.31. The summed E-state index contributed by atoms with van der Waals surface area (Å²) in [5.74, 6) is 0. The van der Waals surface area contributed by atoms with E-state index < -0.39 is 0 Å². The van der Waals surface area contributed by atoms with Crippen molar-refractivity contribution in [1.29, 1.82) is 0 Å². The van der Waals surface area contributed by atoms with Gasteiger partial charge in [0.1, 0.15) is 0 Å². The van der Waals surface area contributed by atoms with Crippen molar-refractivity contribution in [2.75, 3.05) is 0 Å². The average Bonchev–Trinajstić information content (AvgIpc) is 2.59. The molecule has 0 bridgehead atoms. The summed E-state index contributed by atoms with van der Waals surface area (Å²) in [5, 5.41) is 0. The van der Waals surface area contributed by atoms with Crippen LogP contribution in [-0.4, -0.2) is 0 Å². The van der Waals surface area contributed by atoms with Crippen LogP contribution in [0.2, 0.25) is 4.34 Å². The van der Waals surface area contributed by atoms with Gasteiger partial charge in [0, 0.05) is 4.88 Å². The highest BCUT2D eigenvalue weighted by Crippen LogP contribution is 2.40. The lowest BCUT2D eigenvalue weighted by Gasteiger charge is -2.21. The fourth-order valence-corrected chi connectivity index (χ4v) is 3.04. The summed E-state index contributed by atoms with van der Waals surface area (Å²) in [6, 6.07) is 4.01. The summed E-state index contributed by atoms with van der Waals surface area (Å²) in [6.07, 6.45) is 4.74. The van der Waals surface area contributed by atoms with E-state index in [4.69, 9.17) is 17.3 Å². The van der Waals surface area contributed by atoms with E-state index in [1.807, 2.05) is 6.07 Å². The molecule has 1 saturated carbocycles. The minimum absolute atomic E-state index is 0.0577. The third kappa shape index (κ3) is 1.39. The lowest BCUT2D eigenvalue weighted by atomic mass is 9.97. The third-order valence-electron chi connectivity index (χ3n) is 2.56. The molecule has 2 N–H and O–H groups in total. The second-order valence-corrected chi connectivity index (χ2v) is 5.18. The molecule has 2 rings (SSSR count). The Bertz CT molecular complexity index is 276. The van der Waals surface area contributed by atoms with Gasteiger partial charge in [-0.25, -0.2) is 0 Å². The normalized spacial score (nSPS) is 21.5. The number of hydrogen-bond acceptors (Lipinski definition) is 2. The Morgan fingerprint density at radius 3 is 2.50 bits per heavy atom. The highest BCUT2D eigenvalue weighted by atomic mass is 35.5. The maximum Gasteiger partial charge on any atom is 0.0931 e. The number of rotatable bonds is 1. The van der Waals surface area contributed by atoms with Crippen molar-refractivity contribution in [1.82, 2.24) is 0 Å². The SMILES string of the molecule is NC1(c2ccc(Cl)s2)CCCC1.